The molecule has 0 aliphatic heterocycles. The molecular formula is C23H18N4O2S. The molecule has 0 fully saturated rings. The van der Waals surface area contributed by atoms with Crippen LogP contribution in [0.3, 0.4) is 0 Å². The molecule has 3 aromatic carbocycles. The van der Waals surface area contributed by atoms with E-state index in [9.17, 15) is 0 Å². The van der Waals surface area contributed by atoms with Gasteiger partial charge in [0.25, 0.3) is 0 Å². The molecule has 0 amide bonds. The van der Waals surface area contributed by atoms with E-state index in [1.54, 1.807) is 18.9 Å². The molecule has 0 aliphatic rings. The second-order valence-corrected chi connectivity index (χ2v) is 7.51. The number of methoxy groups -OCH3 is 1. The zero-order valence-corrected chi connectivity index (χ0v) is 17.0. The van der Waals surface area contributed by atoms with Crippen LogP contribution in [-0.4, -0.2) is 26.9 Å². The second-order valence-electron chi connectivity index (χ2n) is 6.57. The van der Waals surface area contributed by atoms with Gasteiger partial charge < -0.3 is 9.15 Å². The molecule has 0 spiro atoms. The van der Waals surface area contributed by atoms with Crippen LogP contribution < -0.4 is 4.74 Å². The van der Waals surface area contributed by atoms with Gasteiger partial charge in [-0.15, -0.1) is 10.2 Å². The van der Waals surface area contributed by atoms with E-state index < -0.39 is 0 Å². The van der Waals surface area contributed by atoms with Gasteiger partial charge in [-0.05, 0) is 48.5 Å². The highest BCUT2D eigenvalue weighted by Crippen LogP contribution is 2.31. The average Bonchev–Trinajstić information content (AvgIpc) is 3.42. The fraction of sp³-hybridized carbons (Fsp3) is 0.0870. The third kappa shape index (κ3) is 3.55. The third-order valence-electron chi connectivity index (χ3n) is 4.66. The van der Waals surface area contributed by atoms with Gasteiger partial charge in [0.15, 0.2) is 16.6 Å². The highest BCUT2D eigenvalue weighted by molar-refractivity contribution is 7.98. The summed E-state index contributed by atoms with van der Waals surface area (Å²) < 4.78 is 13.2. The number of para-hydroxylation sites is 3. The van der Waals surface area contributed by atoms with Crippen LogP contribution in [0.25, 0.3) is 28.2 Å². The van der Waals surface area contributed by atoms with Gasteiger partial charge in [-0.1, -0.05) is 42.1 Å². The van der Waals surface area contributed by atoms with Gasteiger partial charge >= 0.3 is 0 Å². The lowest BCUT2D eigenvalue weighted by Gasteiger charge is -2.10. The Hall–Kier alpha value is -3.58. The zero-order chi connectivity index (χ0) is 20.3. The minimum absolute atomic E-state index is 0.558. The van der Waals surface area contributed by atoms with Crippen molar-refractivity contribution in [3.8, 4) is 22.8 Å². The maximum Gasteiger partial charge on any atom is 0.205 e. The minimum Gasteiger partial charge on any atom is -0.497 e. The maximum atomic E-state index is 5.85. The predicted molar refractivity (Wildman–Crippen MR) is 117 cm³/mol. The van der Waals surface area contributed by atoms with Crippen molar-refractivity contribution in [3.63, 3.8) is 0 Å². The molecule has 0 unspecified atom stereocenters. The number of hydrogen-bond donors (Lipinski definition) is 0. The monoisotopic (exact) mass is 414 g/mol. The van der Waals surface area contributed by atoms with E-state index in [2.05, 4.69) is 19.7 Å². The van der Waals surface area contributed by atoms with E-state index in [4.69, 9.17) is 9.15 Å². The Kier molecular flexibility index (Phi) is 4.94. The van der Waals surface area contributed by atoms with Crippen molar-refractivity contribution in [2.45, 2.75) is 10.9 Å². The Labute approximate surface area is 177 Å². The fourth-order valence-corrected chi connectivity index (χ4v) is 4.00. The second kappa shape index (κ2) is 8.04. The molecule has 30 heavy (non-hydrogen) atoms. The molecule has 7 heteroatoms. The van der Waals surface area contributed by atoms with Crippen LogP contribution in [0.1, 0.15) is 5.89 Å². The largest absolute Gasteiger partial charge is 0.497 e. The van der Waals surface area contributed by atoms with Gasteiger partial charge in [-0.25, -0.2) is 4.98 Å². The zero-order valence-electron chi connectivity index (χ0n) is 16.2. The van der Waals surface area contributed by atoms with Crippen LogP contribution >= 0.6 is 11.8 Å². The number of oxazole rings is 1. The van der Waals surface area contributed by atoms with Gasteiger partial charge in [0.1, 0.15) is 11.3 Å². The van der Waals surface area contributed by atoms with E-state index in [0.29, 0.717) is 11.6 Å². The summed E-state index contributed by atoms with van der Waals surface area (Å²) in [6.07, 6.45) is 0. The standard InChI is InChI=1S/C23H18N4O2S/c1-28-18-13-11-16(12-14-18)22-25-26-23(27(22)17-7-3-2-4-8-17)30-15-21-24-19-9-5-6-10-20(19)29-21/h2-14H,15H2,1H3. The maximum absolute atomic E-state index is 5.85. The summed E-state index contributed by atoms with van der Waals surface area (Å²) in [5.74, 6) is 2.79. The molecule has 148 valence electrons. The van der Waals surface area contributed by atoms with Crippen LogP contribution in [-0.2, 0) is 5.75 Å². The number of thioether (sulfide) groups is 1. The van der Waals surface area contributed by atoms with Crippen molar-refractivity contribution in [2.75, 3.05) is 7.11 Å². The van der Waals surface area contributed by atoms with Crippen LogP contribution in [0.2, 0.25) is 0 Å². The lowest BCUT2D eigenvalue weighted by molar-refractivity contribution is 0.415. The first-order valence-corrected chi connectivity index (χ1v) is 10.4. The molecule has 0 saturated carbocycles. The fourth-order valence-electron chi connectivity index (χ4n) is 3.21. The van der Waals surface area contributed by atoms with Crippen molar-refractivity contribution < 1.29 is 9.15 Å². The van der Waals surface area contributed by atoms with Crippen molar-refractivity contribution in [2.24, 2.45) is 0 Å². The van der Waals surface area contributed by atoms with Crippen LogP contribution in [0.4, 0.5) is 0 Å². The number of nitrogens with zero attached hydrogens (tertiary/aromatic N) is 4. The number of fused-ring (bicyclic) bond motifs is 1. The Bertz CT molecular complexity index is 1250. The molecule has 5 aromatic rings. The van der Waals surface area contributed by atoms with E-state index in [1.165, 1.54) is 0 Å². The number of ether oxygens (including phenoxy) is 1. The van der Waals surface area contributed by atoms with Crippen molar-refractivity contribution in [3.05, 3.63) is 84.8 Å². The first-order chi connectivity index (χ1) is 14.8. The van der Waals surface area contributed by atoms with E-state index in [-0.39, 0.29) is 0 Å². The molecule has 2 aromatic heterocycles. The normalized spacial score (nSPS) is 11.1. The van der Waals surface area contributed by atoms with Gasteiger partial charge in [0.05, 0.1) is 12.9 Å². The lowest BCUT2D eigenvalue weighted by Crippen LogP contribution is -1.99. The van der Waals surface area contributed by atoms with E-state index in [0.717, 1.165) is 39.1 Å². The Morgan fingerprint density at radius 3 is 2.43 bits per heavy atom. The summed E-state index contributed by atoms with van der Waals surface area (Å²) in [7, 11) is 1.66. The Morgan fingerprint density at radius 1 is 0.900 bits per heavy atom. The Balaban J connectivity index is 1.50. The molecule has 0 bridgehead atoms. The average molecular weight is 414 g/mol. The van der Waals surface area contributed by atoms with Crippen LogP contribution in [0.15, 0.2) is 88.4 Å². The van der Waals surface area contributed by atoms with Gasteiger partial charge in [-0.3, -0.25) is 4.57 Å². The number of hydrogen-bond acceptors (Lipinski definition) is 6. The first-order valence-electron chi connectivity index (χ1n) is 9.44. The van der Waals surface area contributed by atoms with Gasteiger partial charge in [0, 0.05) is 11.3 Å². The molecule has 5 rings (SSSR count). The quantitative estimate of drug-likeness (QED) is 0.348. The summed E-state index contributed by atoms with van der Waals surface area (Å²) in [5, 5.41) is 9.70. The summed E-state index contributed by atoms with van der Waals surface area (Å²) in [5.41, 5.74) is 3.60. The van der Waals surface area contributed by atoms with Crippen molar-refractivity contribution in [1.82, 2.24) is 19.7 Å². The third-order valence-corrected chi connectivity index (χ3v) is 5.57. The SMILES string of the molecule is COc1ccc(-c2nnc(SCc3nc4ccccc4o3)n2-c2ccccc2)cc1. The molecule has 0 atom stereocenters. The van der Waals surface area contributed by atoms with Gasteiger partial charge in [-0.2, -0.15) is 0 Å². The first kappa shape index (κ1) is 18.4. The van der Waals surface area contributed by atoms with Gasteiger partial charge in [0.2, 0.25) is 5.89 Å². The molecule has 0 aliphatic carbocycles. The summed E-state index contributed by atoms with van der Waals surface area (Å²) >= 11 is 1.54. The highest BCUT2D eigenvalue weighted by atomic mass is 32.2. The molecule has 2 heterocycles. The summed E-state index contributed by atoms with van der Waals surface area (Å²) in [6.45, 7) is 0. The number of aromatic nitrogens is 4. The lowest BCUT2D eigenvalue weighted by atomic mass is 10.2. The van der Waals surface area contributed by atoms with Crippen molar-refractivity contribution in [1.29, 1.82) is 0 Å². The van der Waals surface area contributed by atoms with Crippen molar-refractivity contribution >= 4 is 22.9 Å². The predicted octanol–water partition coefficient (Wildman–Crippen LogP) is 5.38. The smallest absolute Gasteiger partial charge is 0.205 e. The topological polar surface area (TPSA) is 66.0 Å². The molecule has 0 N–H and O–H groups in total. The van der Waals surface area contributed by atoms with E-state index in [1.807, 2.05) is 78.9 Å². The highest BCUT2D eigenvalue weighted by Gasteiger charge is 2.17. The number of rotatable bonds is 6. The number of benzene rings is 3. The minimum atomic E-state index is 0.558. The van der Waals surface area contributed by atoms with E-state index >= 15 is 0 Å². The summed E-state index contributed by atoms with van der Waals surface area (Å²) in [4.78, 5) is 4.56. The molecular weight excluding hydrogens is 396 g/mol. The molecule has 0 saturated heterocycles. The van der Waals surface area contributed by atoms with Crippen LogP contribution in [0.5, 0.6) is 5.75 Å². The van der Waals surface area contributed by atoms with Crippen LogP contribution in [0, 0.1) is 0 Å². The molecule has 0 radical (unpaired) electrons. The summed E-state index contributed by atoms with van der Waals surface area (Å²) in [6, 6.07) is 25.7. The molecule has 6 nitrogen and oxygen atoms in total. The Morgan fingerprint density at radius 2 is 1.67 bits per heavy atom.